The second-order valence-electron chi connectivity index (χ2n) is 8.42. The molecule has 0 saturated carbocycles. The summed E-state index contributed by atoms with van der Waals surface area (Å²) in [7, 11) is 1.94. The zero-order valence-corrected chi connectivity index (χ0v) is 19.9. The quantitative estimate of drug-likeness (QED) is 0.267. The molecular weight excluding hydrogens is 450 g/mol. The van der Waals surface area contributed by atoms with Gasteiger partial charge in [-0.05, 0) is 59.9 Å². The number of fused-ring (bicyclic) bond motifs is 1. The highest BCUT2D eigenvalue weighted by Crippen LogP contribution is 2.26. The van der Waals surface area contributed by atoms with Crippen LogP contribution in [0.3, 0.4) is 0 Å². The third-order valence-electron chi connectivity index (χ3n) is 6.09. The first kappa shape index (κ1) is 23.3. The molecule has 0 aliphatic carbocycles. The topological polar surface area (TPSA) is 113 Å². The van der Waals surface area contributed by atoms with Crippen molar-refractivity contribution in [1.82, 2.24) is 19.4 Å². The van der Waals surface area contributed by atoms with E-state index >= 15 is 0 Å². The molecule has 1 unspecified atom stereocenters. The van der Waals surface area contributed by atoms with Gasteiger partial charge in [0.2, 0.25) is 12.2 Å². The first-order valence-corrected chi connectivity index (χ1v) is 11.4. The minimum atomic E-state index is -0.119. The highest BCUT2D eigenvalue weighted by molar-refractivity contribution is 7.80. The van der Waals surface area contributed by atoms with Crippen molar-refractivity contribution in [2.75, 3.05) is 25.9 Å². The molecule has 174 valence electrons. The summed E-state index contributed by atoms with van der Waals surface area (Å²) in [5.74, 6) is 1.74. The second-order valence-corrected chi connectivity index (χ2v) is 8.77. The van der Waals surface area contributed by atoms with Gasteiger partial charge in [0.15, 0.2) is 5.65 Å². The number of benzene rings is 1. The lowest BCUT2D eigenvalue weighted by atomic mass is 9.87. The Morgan fingerprint density at radius 2 is 2.12 bits per heavy atom. The number of anilines is 1. The zero-order chi connectivity index (χ0) is 24.2. The van der Waals surface area contributed by atoms with Crippen LogP contribution in [0.15, 0.2) is 42.9 Å². The number of hydrogen-bond donors (Lipinski definition) is 1. The van der Waals surface area contributed by atoms with E-state index in [4.69, 9.17) is 28.0 Å². The van der Waals surface area contributed by atoms with Gasteiger partial charge in [0.25, 0.3) is 5.17 Å². The molecule has 1 aliphatic rings. The van der Waals surface area contributed by atoms with Crippen LogP contribution in [0.2, 0.25) is 0 Å². The van der Waals surface area contributed by atoms with E-state index in [1.54, 1.807) is 33.7 Å². The standard InChI is InChI=1S/C24H26N7O2S/c1-16-8-11-30(21(32)7-10-25)14-17(16)13-29(2)22-20-9-12-31(23(20)28-15-27-22)24(34)33-19-5-3-18(26)4-6-19/h3-6,9,12-13,15-17H,7-8,11,14,26H2,1-2H3/q+1/b29-13+/t16-,17?/m1/s1. The molecule has 4 rings (SSSR count). The summed E-state index contributed by atoms with van der Waals surface area (Å²) >= 11 is 5.50. The molecule has 2 N–H and O–H groups in total. The maximum Gasteiger partial charge on any atom is 0.335 e. The summed E-state index contributed by atoms with van der Waals surface area (Å²) in [5.41, 5.74) is 7.01. The van der Waals surface area contributed by atoms with Gasteiger partial charge in [-0.15, -0.1) is 0 Å². The number of hydrogen-bond acceptors (Lipinski definition) is 7. The van der Waals surface area contributed by atoms with Crippen LogP contribution in [0.1, 0.15) is 19.8 Å². The molecule has 34 heavy (non-hydrogen) atoms. The second kappa shape index (κ2) is 9.97. The Labute approximate surface area is 203 Å². The van der Waals surface area contributed by atoms with Crippen molar-refractivity contribution in [3.63, 3.8) is 0 Å². The fourth-order valence-electron chi connectivity index (χ4n) is 4.11. The average molecular weight is 477 g/mol. The molecule has 1 saturated heterocycles. The third kappa shape index (κ3) is 4.89. The Hall–Kier alpha value is -3.84. The van der Waals surface area contributed by atoms with Crippen LogP contribution in [0.25, 0.3) is 11.0 Å². The fraction of sp³-hybridized carbons (Fsp3) is 0.333. The Balaban J connectivity index is 1.58. The maximum absolute atomic E-state index is 12.2. The summed E-state index contributed by atoms with van der Waals surface area (Å²) in [6, 6.07) is 10.9. The number of thiocarbonyl (C=S) groups is 1. The molecule has 10 heteroatoms. The number of nitrogens with zero attached hydrogens (tertiary/aromatic N) is 6. The molecule has 1 fully saturated rings. The number of ether oxygens (including phenoxy) is 1. The summed E-state index contributed by atoms with van der Waals surface area (Å²) in [6.07, 6.45) is 6.20. The average Bonchev–Trinajstić information content (AvgIpc) is 3.26. The number of nitriles is 1. The van der Waals surface area contributed by atoms with Crippen LogP contribution in [0, 0.1) is 23.2 Å². The van der Waals surface area contributed by atoms with Crippen LogP contribution >= 0.6 is 12.2 Å². The number of carbonyl (C=O) groups is 1. The lowest BCUT2D eigenvalue weighted by molar-refractivity contribution is -0.405. The van der Waals surface area contributed by atoms with E-state index in [1.807, 2.05) is 30.0 Å². The molecule has 3 aromatic rings. The summed E-state index contributed by atoms with van der Waals surface area (Å²) < 4.78 is 9.48. The Morgan fingerprint density at radius 1 is 1.35 bits per heavy atom. The van der Waals surface area contributed by atoms with Gasteiger partial charge in [-0.3, -0.25) is 9.36 Å². The Kier molecular flexibility index (Phi) is 6.84. The smallest absolute Gasteiger partial charge is 0.335 e. The first-order valence-electron chi connectivity index (χ1n) is 11.0. The molecule has 2 atom stereocenters. The number of nitrogens with two attached hydrogens (primary N) is 1. The fourth-order valence-corrected chi connectivity index (χ4v) is 4.35. The van der Waals surface area contributed by atoms with E-state index in [9.17, 15) is 4.79 Å². The first-order chi connectivity index (χ1) is 16.4. The van der Waals surface area contributed by atoms with Gasteiger partial charge >= 0.3 is 5.82 Å². The molecule has 2 aromatic heterocycles. The molecule has 9 nitrogen and oxygen atoms in total. The summed E-state index contributed by atoms with van der Waals surface area (Å²) in [6.45, 7) is 3.45. The van der Waals surface area contributed by atoms with Crippen LogP contribution in [0.4, 0.5) is 11.5 Å². The van der Waals surface area contributed by atoms with Gasteiger partial charge in [-0.1, -0.05) is 6.92 Å². The molecule has 3 heterocycles. The van der Waals surface area contributed by atoms with Crippen LogP contribution < -0.4 is 10.5 Å². The predicted molar refractivity (Wildman–Crippen MR) is 133 cm³/mol. The van der Waals surface area contributed by atoms with Crippen molar-refractivity contribution in [3.8, 4) is 11.8 Å². The molecule has 0 radical (unpaired) electrons. The van der Waals surface area contributed by atoms with Crippen molar-refractivity contribution in [2.24, 2.45) is 11.8 Å². The van der Waals surface area contributed by atoms with Crippen LogP contribution in [0.5, 0.6) is 5.75 Å². The van der Waals surface area contributed by atoms with Gasteiger partial charge in [-0.25, -0.2) is 4.58 Å². The van der Waals surface area contributed by atoms with E-state index in [0.29, 0.717) is 36.1 Å². The van der Waals surface area contributed by atoms with Gasteiger partial charge in [-0.2, -0.15) is 10.2 Å². The third-order valence-corrected chi connectivity index (χ3v) is 6.37. The van der Waals surface area contributed by atoms with Crippen LogP contribution in [-0.4, -0.2) is 61.4 Å². The highest BCUT2D eigenvalue weighted by atomic mass is 32.1. The molecule has 0 bridgehead atoms. The zero-order valence-electron chi connectivity index (χ0n) is 19.1. The van der Waals surface area contributed by atoms with Crippen molar-refractivity contribution < 1.29 is 14.1 Å². The number of carbonyl (C=O) groups excluding carboxylic acids is 1. The lowest BCUT2D eigenvalue weighted by Crippen LogP contribution is -2.44. The van der Waals surface area contributed by atoms with Crippen LogP contribution in [-0.2, 0) is 4.79 Å². The molecular formula is C24H26N7O2S+. The summed E-state index contributed by atoms with van der Waals surface area (Å²) in [4.78, 5) is 22.9. The monoisotopic (exact) mass is 476 g/mol. The number of amides is 1. The van der Waals surface area contributed by atoms with E-state index < -0.39 is 0 Å². The van der Waals surface area contributed by atoms with E-state index in [-0.39, 0.29) is 23.4 Å². The van der Waals surface area contributed by atoms with E-state index in [2.05, 4.69) is 23.1 Å². The van der Waals surface area contributed by atoms with E-state index in [0.717, 1.165) is 17.6 Å². The van der Waals surface area contributed by atoms with Gasteiger partial charge in [0, 0.05) is 30.9 Å². The molecule has 1 aromatic carbocycles. The van der Waals surface area contributed by atoms with Crippen molar-refractivity contribution in [3.05, 3.63) is 42.9 Å². The normalized spacial score (nSPS) is 18.5. The lowest BCUT2D eigenvalue weighted by Gasteiger charge is -2.34. The Morgan fingerprint density at radius 3 is 2.85 bits per heavy atom. The van der Waals surface area contributed by atoms with Crippen molar-refractivity contribution >= 4 is 52.1 Å². The molecule has 1 amide bonds. The van der Waals surface area contributed by atoms with Crippen molar-refractivity contribution in [1.29, 1.82) is 5.26 Å². The highest BCUT2D eigenvalue weighted by Gasteiger charge is 2.29. The predicted octanol–water partition coefficient (Wildman–Crippen LogP) is 2.97. The number of rotatable bonds is 4. The molecule has 1 aliphatic heterocycles. The number of nitrogen functional groups attached to an aromatic ring is 1. The van der Waals surface area contributed by atoms with Crippen molar-refractivity contribution in [2.45, 2.75) is 19.8 Å². The van der Waals surface area contributed by atoms with Gasteiger partial charge in [0.05, 0.1) is 19.3 Å². The Bertz CT molecular complexity index is 1290. The minimum absolute atomic E-state index is 0.0880. The van der Waals surface area contributed by atoms with Gasteiger partial charge < -0.3 is 15.4 Å². The summed E-state index contributed by atoms with van der Waals surface area (Å²) in [5, 5.41) is 9.93. The van der Waals surface area contributed by atoms with E-state index in [1.165, 1.54) is 6.33 Å². The number of aromatic nitrogens is 3. The molecule has 0 spiro atoms. The SMILES string of the molecule is C[C@@H]1CCN(C(=O)CC#N)CC1/C=[N+](\C)c1ncnc2c1ccn2C(=S)Oc1ccc(N)cc1. The van der Waals surface area contributed by atoms with Gasteiger partial charge in [0.1, 0.15) is 17.6 Å². The minimum Gasteiger partial charge on any atom is -0.431 e. The number of piperidine rings is 1. The number of likely N-dealkylation sites (tertiary alicyclic amines) is 1. The maximum atomic E-state index is 12.2. The largest absolute Gasteiger partial charge is 0.431 e.